The highest BCUT2D eigenvalue weighted by Crippen LogP contribution is 1.94. The lowest BCUT2D eigenvalue weighted by atomic mass is 10.4. The van der Waals surface area contributed by atoms with E-state index in [1.54, 1.807) is 0 Å². The molecular formula is C10H24N2O2. The molecule has 0 aromatic carbocycles. The van der Waals surface area contributed by atoms with Crippen molar-refractivity contribution >= 4 is 5.91 Å². The minimum absolute atomic E-state index is 0.262. The highest BCUT2D eigenvalue weighted by atomic mass is 16.5. The first-order valence-electron chi connectivity index (χ1n) is 5.37. The van der Waals surface area contributed by atoms with Gasteiger partial charge in [-0.3, -0.25) is 9.69 Å². The molecule has 0 aromatic rings. The molecule has 0 bridgehead atoms. The smallest absolute Gasteiger partial charge is 0.231 e. The summed E-state index contributed by atoms with van der Waals surface area (Å²) >= 11 is 0. The van der Waals surface area contributed by atoms with Crippen molar-refractivity contribution in [2.24, 2.45) is 5.73 Å². The Morgan fingerprint density at radius 1 is 1.21 bits per heavy atom. The highest BCUT2D eigenvalue weighted by Gasteiger charge is 2.11. The fraction of sp³-hybridized carbons (Fsp3) is 0.900. The van der Waals surface area contributed by atoms with E-state index in [0.717, 1.165) is 13.1 Å². The standard InChI is InChI=1S/C6H12N2O2.2C2H6/c7-6(9)5-8-1-3-10-4-2-8;2*1-2/h1-5H2,(H2,7,9);2*1-2H3. The van der Waals surface area contributed by atoms with Crippen LogP contribution in [0.2, 0.25) is 0 Å². The molecule has 1 rings (SSSR count). The summed E-state index contributed by atoms with van der Waals surface area (Å²) in [5.41, 5.74) is 5.00. The van der Waals surface area contributed by atoms with Crippen molar-refractivity contribution in [3.8, 4) is 0 Å². The summed E-state index contributed by atoms with van der Waals surface area (Å²) in [6.07, 6.45) is 0. The quantitative estimate of drug-likeness (QED) is 0.725. The number of carbonyl (C=O) groups excluding carboxylic acids is 1. The number of hydrogen-bond donors (Lipinski definition) is 1. The maximum atomic E-state index is 10.4. The van der Waals surface area contributed by atoms with Gasteiger partial charge in [0.05, 0.1) is 19.8 Å². The number of rotatable bonds is 2. The van der Waals surface area contributed by atoms with Crippen LogP contribution in [0.15, 0.2) is 0 Å². The summed E-state index contributed by atoms with van der Waals surface area (Å²) in [4.78, 5) is 12.4. The topological polar surface area (TPSA) is 55.6 Å². The largest absolute Gasteiger partial charge is 0.379 e. The molecule has 1 saturated heterocycles. The summed E-state index contributed by atoms with van der Waals surface area (Å²) < 4.78 is 5.09. The average Bonchev–Trinajstić information content (AvgIpc) is 2.24. The summed E-state index contributed by atoms with van der Waals surface area (Å²) in [5, 5.41) is 0. The predicted molar refractivity (Wildman–Crippen MR) is 59.1 cm³/mol. The minimum Gasteiger partial charge on any atom is -0.379 e. The lowest BCUT2D eigenvalue weighted by molar-refractivity contribution is -0.120. The monoisotopic (exact) mass is 204 g/mol. The molecule has 1 aliphatic rings. The zero-order valence-electron chi connectivity index (χ0n) is 9.88. The summed E-state index contributed by atoms with van der Waals surface area (Å²) in [7, 11) is 0. The Labute approximate surface area is 87.4 Å². The lowest BCUT2D eigenvalue weighted by Crippen LogP contribution is -2.41. The zero-order chi connectivity index (χ0) is 11.4. The van der Waals surface area contributed by atoms with Gasteiger partial charge < -0.3 is 10.5 Å². The highest BCUT2D eigenvalue weighted by molar-refractivity contribution is 5.75. The molecule has 0 atom stereocenters. The molecule has 1 heterocycles. The minimum atomic E-state index is -0.262. The molecule has 2 N–H and O–H groups in total. The number of primary amides is 1. The van der Waals surface area contributed by atoms with Gasteiger partial charge in [-0.15, -0.1) is 0 Å². The average molecular weight is 204 g/mol. The Hall–Kier alpha value is -0.610. The van der Waals surface area contributed by atoms with E-state index in [1.165, 1.54) is 0 Å². The molecule has 0 aliphatic carbocycles. The summed E-state index contributed by atoms with van der Waals surface area (Å²) in [6, 6.07) is 0. The van der Waals surface area contributed by atoms with Gasteiger partial charge in [-0.1, -0.05) is 27.7 Å². The number of nitrogens with two attached hydrogens (primary N) is 1. The fourth-order valence-electron chi connectivity index (χ4n) is 0.980. The first-order chi connectivity index (χ1) is 6.79. The van der Waals surface area contributed by atoms with Gasteiger partial charge in [0.25, 0.3) is 0 Å². The van der Waals surface area contributed by atoms with Gasteiger partial charge in [-0.2, -0.15) is 0 Å². The van der Waals surface area contributed by atoms with E-state index in [-0.39, 0.29) is 5.91 Å². The summed E-state index contributed by atoms with van der Waals surface area (Å²) in [6.45, 7) is 11.4. The molecule has 86 valence electrons. The Bertz CT molecular complexity index is 123. The van der Waals surface area contributed by atoms with Crippen molar-refractivity contribution in [3.05, 3.63) is 0 Å². The molecule has 1 fully saturated rings. The van der Waals surface area contributed by atoms with Gasteiger partial charge in [-0.25, -0.2) is 0 Å². The van der Waals surface area contributed by atoms with E-state index in [0.29, 0.717) is 19.8 Å². The number of carbonyl (C=O) groups is 1. The van der Waals surface area contributed by atoms with Crippen molar-refractivity contribution in [3.63, 3.8) is 0 Å². The van der Waals surface area contributed by atoms with Crippen LogP contribution in [0.25, 0.3) is 0 Å². The van der Waals surface area contributed by atoms with Gasteiger partial charge in [-0.05, 0) is 0 Å². The van der Waals surface area contributed by atoms with E-state index < -0.39 is 0 Å². The van der Waals surface area contributed by atoms with Crippen molar-refractivity contribution in [2.75, 3.05) is 32.8 Å². The molecule has 0 unspecified atom stereocenters. The van der Waals surface area contributed by atoms with Crippen molar-refractivity contribution < 1.29 is 9.53 Å². The molecular weight excluding hydrogens is 180 g/mol. The van der Waals surface area contributed by atoms with E-state index in [4.69, 9.17) is 10.5 Å². The Balaban J connectivity index is 0. The number of amides is 1. The number of nitrogens with zero attached hydrogens (tertiary/aromatic N) is 1. The Kier molecular flexibility index (Phi) is 14.0. The second-order valence-electron chi connectivity index (χ2n) is 2.35. The molecule has 4 nitrogen and oxygen atoms in total. The van der Waals surface area contributed by atoms with Gasteiger partial charge in [0.15, 0.2) is 0 Å². The molecule has 1 amide bonds. The van der Waals surface area contributed by atoms with Gasteiger partial charge in [0, 0.05) is 13.1 Å². The summed E-state index contributed by atoms with van der Waals surface area (Å²) in [5.74, 6) is -0.262. The number of morpholine rings is 1. The SMILES string of the molecule is CC.CC.NC(=O)CN1CCOCC1. The third-order valence-corrected chi connectivity index (χ3v) is 1.48. The van der Waals surface area contributed by atoms with E-state index >= 15 is 0 Å². The van der Waals surface area contributed by atoms with Gasteiger partial charge >= 0.3 is 0 Å². The van der Waals surface area contributed by atoms with Crippen LogP contribution in [-0.4, -0.2) is 43.7 Å². The first kappa shape index (κ1) is 15.8. The third kappa shape index (κ3) is 9.48. The van der Waals surface area contributed by atoms with Crippen LogP contribution >= 0.6 is 0 Å². The van der Waals surface area contributed by atoms with Crippen LogP contribution < -0.4 is 5.73 Å². The molecule has 4 heteroatoms. The van der Waals surface area contributed by atoms with Crippen LogP contribution in [0, 0.1) is 0 Å². The van der Waals surface area contributed by atoms with Crippen molar-refractivity contribution in [1.29, 1.82) is 0 Å². The van der Waals surface area contributed by atoms with Gasteiger partial charge in [0.1, 0.15) is 0 Å². The molecule has 14 heavy (non-hydrogen) atoms. The van der Waals surface area contributed by atoms with Crippen molar-refractivity contribution in [2.45, 2.75) is 27.7 Å². The lowest BCUT2D eigenvalue weighted by Gasteiger charge is -2.24. The molecule has 0 spiro atoms. The van der Waals surface area contributed by atoms with Crippen LogP contribution in [0.3, 0.4) is 0 Å². The van der Waals surface area contributed by atoms with Gasteiger partial charge in [0.2, 0.25) is 5.91 Å². The maximum absolute atomic E-state index is 10.4. The van der Waals surface area contributed by atoms with Crippen LogP contribution in [0.4, 0.5) is 0 Å². The normalized spacial score (nSPS) is 15.7. The van der Waals surface area contributed by atoms with Crippen LogP contribution in [0.1, 0.15) is 27.7 Å². The zero-order valence-corrected chi connectivity index (χ0v) is 9.88. The molecule has 1 aliphatic heterocycles. The maximum Gasteiger partial charge on any atom is 0.231 e. The molecule has 0 radical (unpaired) electrons. The Morgan fingerprint density at radius 2 is 1.64 bits per heavy atom. The van der Waals surface area contributed by atoms with E-state index in [9.17, 15) is 4.79 Å². The van der Waals surface area contributed by atoms with E-state index in [2.05, 4.69) is 0 Å². The number of hydrogen-bond acceptors (Lipinski definition) is 3. The fourth-order valence-corrected chi connectivity index (χ4v) is 0.980. The molecule has 0 aromatic heterocycles. The second-order valence-corrected chi connectivity index (χ2v) is 2.35. The predicted octanol–water partition coefficient (Wildman–Crippen LogP) is 0.856. The van der Waals surface area contributed by atoms with Crippen molar-refractivity contribution in [1.82, 2.24) is 4.90 Å². The molecule has 0 saturated carbocycles. The van der Waals surface area contributed by atoms with E-state index in [1.807, 2.05) is 32.6 Å². The first-order valence-corrected chi connectivity index (χ1v) is 5.37. The third-order valence-electron chi connectivity index (χ3n) is 1.48. The van der Waals surface area contributed by atoms with Crippen LogP contribution in [-0.2, 0) is 9.53 Å². The Morgan fingerprint density at radius 3 is 2.00 bits per heavy atom. The second kappa shape index (κ2) is 12.4. The number of ether oxygens (including phenoxy) is 1. The van der Waals surface area contributed by atoms with Crippen LogP contribution in [0.5, 0.6) is 0 Å².